The predicted octanol–water partition coefficient (Wildman–Crippen LogP) is 3.38. The van der Waals surface area contributed by atoms with E-state index < -0.39 is 0 Å². The third kappa shape index (κ3) is 4.51. The number of halogens is 1. The van der Waals surface area contributed by atoms with Crippen LogP contribution in [0.25, 0.3) is 0 Å². The highest BCUT2D eigenvalue weighted by molar-refractivity contribution is 5.17. The lowest BCUT2D eigenvalue weighted by atomic mass is 10.1. The summed E-state index contributed by atoms with van der Waals surface area (Å²) in [6.45, 7) is 4.27. The Morgan fingerprint density at radius 2 is 1.95 bits per heavy atom. The molecule has 1 atom stereocenters. The van der Waals surface area contributed by atoms with E-state index in [-0.39, 0.29) is 5.82 Å². The van der Waals surface area contributed by atoms with Crippen molar-refractivity contribution < 1.29 is 13.9 Å². The number of likely N-dealkylation sites (tertiary alicyclic amines) is 1. The van der Waals surface area contributed by atoms with Crippen molar-refractivity contribution in [2.45, 2.75) is 50.9 Å². The SMILES string of the molecule is Fc1ccccc1CN1CCC(OCC2CCCCO2)CC1. The van der Waals surface area contributed by atoms with Crippen LogP contribution in [0, 0.1) is 5.82 Å². The first-order valence-electron chi connectivity index (χ1n) is 8.50. The van der Waals surface area contributed by atoms with Gasteiger partial charge in [-0.2, -0.15) is 0 Å². The third-order valence-electron chi connectivity index (χ3n) is 4.68. The molecular weight excluding hydrogens is 281 g/mol. The second-order valence-corrected chi connectivity index (χ2v) is 6.39. The van der Waals surface area contributed by atoms with Crippen LogP contribution in [0.5, 0.6) is 0 Å². The summed E-state index contributed by atoms with van der Waals surface area (Å²) in [6.07, 6.45) is 6.27. The number of hydrogen-bond donors (Lipinski definition) is 0. The fraction of sp³-hybridized carbons (Fsp3) is 0.667. The van der Waals surface area contributed by atoms with Gasteiger partial charge < -0.3 is 9.47 Å². The first kappa shape index (κ1) is 15.9. The van der Waals surface area contributed by atoms with Crippen LogP contribution in [0.1, 0.15) is 37.7 Å². The largest absolute Gasteiger partial charge is 0.376 e. The molecule has 2 fully saturated rings. The van der Waals surface area contributed by atoms with Gasteiger partial charge in [0.1, 0.15) is 5.82 Å². The van der Waals surface area contributed by atoms with Gasteiger partial charge in [0.05, 0.1) is 18.8 Å². The van der Waals surface area contributed by atoms with Gasteiger partial charge in [-0.3, -0.25) is 4.90 Å². The summed E-state index contributed by atoms with van der Waals surface area (Å²) in [5, 5.41) is 0. The summed E-state index contributed by atoms with van der Waals surface area (Å²) in [5.74, 6) is -0.102. The molecule has 0 bridgehead atoms. The van der Waals surface area contributed by atoms with Gasteiger partial charge in [-0.05, 0) is 38.2 Å². The molecule has 1 aromatic rings. The molecule has 1 unspecified atom stereocenters. The maximum Gasteiger partial charge on any atom is 0.127 e. The molecule has 2 aliphatic rings. The average molecular weight is 307 g/mol. The molecule has 0 amide bonds. The fourth-order valence-corrected chi connectivity index (χ4v) is 3.28. The second kappa shape index (κ2) is 8.04. The molecule has 0 aliphatic carbocycles. The number of rotatable bonds is 5. The van der Waals surface area contributed by atoms with Crippen LogP contribution < -0.4 is 0 Å². The van der Waals surface area contributed by atoms with E-state index in [4.69, 9.17) is 9.47 Å². The number of nitrogens with zero attached hydrogens (tertiary/aromatic N) is 1. The minimum Gasteiger partial charge on any atom is -0.376 e. The maximum atomic E-state index is 13.7. The Kier molecular flexibility index (Phi) is 5.82. The van der Waals surface area contributed by atoms with Gasteiger partial charge in [-0.25, -0.2) is 4.39 Å². The van der Waals surface area contributed by atoms with Crippen LogP contribution in [0.15, 0.2) is 24.3 Å². The van der Waals surface area contributed by atoms with E-state index in [1.54, 1.807) is 6.07 Å². The zero-order valence-corrected chi connectivity index (χ0v) is 13.2. The number of hydrogen-bond acceptors (Lipinski definition) is 3. The van der Waals surface area contributed by atoms with Gasteiger partial charge >= 0.3 is 0 Å². The maximum absolute atomic E-state index is 13.7. The standard InChI is InChI=1S/C18H26FNO2/c19-18-7-2-1-5-15(18)13-20-10-8-16(9-11-20)22-14-17-6-3-4-12-21-17/h1-2,5,7,16-17H,3-4,6,8-14H2. The van der Waals surface area contributed by atoms with Gasteiger partial charge in [0, 0.05) is 31.8 Å². The van der Waals surface area contributed by atoms with Crippen LogP contribution in [0.4, 0.5) is 4.39 Å². The highest BCUT2D eigenvalue weighted by atomic mass is 19.1. The van der Waals surface area contributed by atoms with E-state index in [2.05, 4.69) is 4.90 Å². The zero-order chi connectivity index (χ0) is 15.2. The monoisotopic (exact) mass is 307 g/mol. The molecule has 1 aromatic carbocycles. The second-order valence-electron chi connectivity index (χ2n) is 6.39. The molecule has 0 saturated carbocycles. The fourth-order valence-electron chi connectivity index (χ4n) is 3.28. The van der Waals surface area contributed by atoms with Crippen molar-refractivity contribution in [3.8, 4) is 0 Å². The van der Waals surface area contributed by atoms with E-state index in [1.165, 1.54) is 18.9 Å². The van der Waals surface area contributed by atoms with Crippen molar-refractivity contribution in [3.63, 3.8) is 0 Å². The lowest BCUT2D eigenvalue weighted by molar-refractivity contribution is -0.0753. The number of ether oxygens (including phenoxy) is 2. The van der Waals surface area contributed by atoms with E-state index in [0.717, 1.165) is 51.1 Å². The zero-order valence-electron chi connectivity index (χ0n) is 13.2. The van der Waals surface area contributed by atoms with Crippen molar-refractivity contribution >= 4 is 0 Å². The first-order valence-corrected chi connectivity index (χ1v) is 8.50. The summed E-state index contributed by atoms with van der Waals surface area (Å²) in [7, 11) is 0. The predicted molar refractivity (Wildman–Crippen MR) is 84.2 cm³/mol. The molecule has 0 spiro atoms. The highest BCUT2D eigenvalue weighted by Crippen LogP contribution is 2.19. The molecular formula is C18H26FNO2. The Balaban J connectivity index is 1.38. The summed E-state index contributed by atoms with van der Waals surface area (Å²) < 4.78 is 25.4. The molecule has 122 valence electrons. The Labute approximate surface area is 132 Å². The number of benzene rings is 1. The molecule has 3 rings (SSSR count). The lowest BCUT2D eigenvalue weighted by Crippen LogP contribution is -2.38. The summed E-state index contributed by atoms with van der Waals surface area (Å²) in [6, 6.07) is 7.05. The van der Waals surface area contributed by atoms with Crippen molar-refractivity contribution in [1.82, 2.24) is 4.90 Å². The Hall–Kier alpha value is -0.970. The van der Waals surface area contributed by atoms with Crippen molar-refractivity contribution in [2.75, 3.05) is 26.3 Å². The first-order chi connectivity index (χ1) is 10.8. The van der Waals surface area contributed by atoms with Gasteiger partial charge in [0.2, 0.25) is 0 Å². The topological polar surface area (TPSA) is 21.7 Å². The van der Waals surface area contributed by atoms with Crippen LogP contribution in [0.3, 0.4) is 0 Å². The van der Waals surface area contributed by atoms with Gasteiger partial charge in [0.25, 0.3) is 0 Å². The van der Waals surface area contributed by atoms with Crippen LogP contribution >= 0.6 is 0 Å². The molecule has 2 aliphatic heterocycles. The molecule has 0 radical (unpaired) electrons. The van der Waals surface area contributed by atoms with Gasteiger partial charge in [-0.15, -0.1) is 0 Å². The van der Waals surface area contributed by atoms with E-state index in [1.807, 2.05) is 12.1 Å². The minimum absolute atomic E-state index is 0.102. The number of piperidine rings is 1. The van der Waals surface area contributed by atoms with E-state index in [0.29, 0.717) is 18.8 Å². The van der Waals surface area contributed by atoms with Crippen molar-refractivity contribution in [3.05, 3.63) is 35.6 Å². The molecule has 22 heavy (non-hydrogen) atoms. The Morgan fingerprint density at radius 1 is 1.14 bits per heavy atom. The molecule has 2 saturated heterocycles. The third-order valence-corrected chi connectivity index (χ3v) is 4.68. The minimum atomic E-state index is -0.102. The van der Waals surface area contributed by atoms with Crippen molar-refractivity contribution in [1.29, 1.82) is 0 Å². The van der Waals surface area contributed by atoms with Crippen molar-refractivity contribution in [2.24, 2.45) is 0 Å². The summed E-state index contributed by atoms with van der Waals surface area (Å²) in [5.41, 5.74) is 0.789. The Bertz CT molecular complexity index is 454. The average Bonchev–Trinajstić information content (AvgIpc) is 2.57. The molecule has 0 N–H and O–H groups in total. The lowest BCUT2D eigenvalue weighted by Gasteiger charge is -2.33. The normalized spacial score (nSPS) is 24.5. The van der Waals surface area contributed by atoms with E-state index in [9.17, 15) is 4.39 Å². The van der Waals surface area contributed by atoms with Gasteiger partial charge in [-0.1, -0.05) is 18.2 Å². The molecule has 2 heterocycles. The van der Waals surface area contributed by atoms with Crippen LogP contribution in [0.2, 0.25) is 0 Å². The molecule has 3 nitrogen and oxygen atoms in total. The van der Waals surface area contributed by atoms with Crippen LogP contribution in [-0.4, -0.2) is 43.4 Å². The highest BCUT2D eigenvalue weighted by Gasteiger charge is 2.22. The van der Waals surface area contributed by atoms with Gasteiger partial charge in [0.15, 0.2) is 0 Å². The quantitative estimate of drug-likeness (QED) is 0.832. The van der Waals surface area contributed by atoms with E-state index >= 15 is 0 Å². The summed E-state index contributed by atoms with van der Waals surface area (Å²) >= 11 is 0. The molecule has 4 heteroatoms. The van der Waals surface area contributed by atoms with Crippen LogP contribution in [-0.2, 0) is 16.0 Å². The summed E-state index contributed by atoms with van der Waals surface area (Å²) in [4.78, 5) is 2.31. The smallest absolute Gasteiger partial charge is 0.127 e. The Morgan fingerprint density at radius 3 is 2.68 bits per heavy atom. The molecule has 0 aromatic heterocycles.